The predicted molar refractivity (Wildman–Crippen MR) is 86.3 cm³/mol. The molecule has 1 spiro atoms. The number of pyridine rings is 1. The molecule has 22 heavy (non-hydrogen) atoms. The van der Waals surface area contributed by atoms with E-state index < -0.39 is 0 Å². The van der Waals surface area contributed by atoms with E-state index in [0.717, 1.165) is 51.4 Å². The topological polar surface area (TPSA) is 39.7 Å². The highest BCUT2D eigenvalue weighted by atomic mass is 16.2. The van der Waals surface area contributed by atoms with Crippen LogP contribution in [0.1, 0.15) is 12.1 Å². The Hall–Kier alpha value is -1.72. The van der Waals surface area contributed by atoms with Crippen molar-refractivity contribution in [3.05, 3.63) is 42.7 Å². The maximum atomic E-state index is 12.8. The minimum absolute atomic E-state index is 0.254. The Kier molecular flexibility index (Phi) is 4.27. The molecule has 0 aliphatic carbocycles. The number of likely N-dealkylation sites (N-methyl/N-ethyl adjacent to an activating group) is 1. The molecule has 2 saturated heterocycles. The highest BCUT2D eigenvalue weighted by Crippen LogP contribution is 2.33. The first kappa shape index (κ1) is 15.2. The quantitative estimate of drug-likeness (QED) is 0.777. The van der Waals surface area contributed by atoms with Crippen molar-refractivity contribution in [3.8, 4) is 0 Å². The summed E-state index contributed by atoms with van der Waals surface area (Å²) in [5.41, 5.74) is 0.683. The number of rotatable bonds is 4. The van der Waals surface area contributed by atoms with Crippen molar-refractivity contribution in [2.45, 2.75) is 18.5 Å². The van der Waals surface area contributed by atoms with Gasteiger partial charge in [0.15, 0.2) is 0 Å². The Bertz CT molecular complexity index is 547. The van der Waals surface area contributed by atoms with Crippen LogP contribution in [0.2, 0.25) is 0 Å². The molecule has 1 aromatic rings. The molecule has 3 heterocycles. The molecule has 5 nitrogen and oxygen atoms in total. The van der Waals surface area contributed by atoms with Gasteiger partial charge in [-0.2, -0.15) is 0 Å². The second-order valence-corrected chi connectivity index (χ2v) is 6.27. The van der Waals surface area contributed by atoms with Crippen molar-refractivity contribution < 1.29 is 4.79 Å². The van der Waals surface area contributed by atoms with E-state index in [9.17, 15) is 4.79 Å². The SMILES string of the molecule is C=CCN1CCN(C)C(=O)[C@]12CCN(Cc1ccccn1)C2. The third-order valence-corrected chi connectivity index (χ3v) is 4.84. The van der Waals surface area contributed by atoms with Crippen LogP contribution in [-0.4, -0.2) is 70.9 Å². The largest absolute Gasteiger partial charge is 0.343 e. The summed E-state index contributed by atoms with van der Waals surface area (Å²) in [6.07, 6.45) is 4.61. The van der Waals surface area contributed by atoms with E-state index in [1.165, 1.54) is 0 Å². The molecule has 2 aliphatic rings. The summed E-state index contributed by atoms with van der Waals surface area (Å²) in [6.45, 7) is 8.87. The van der Waals surface area contributed by atoms with Crippen LogP contribution in [0.5, 0.6) is 0 Å². The molecule has 5 heteroatoms. The van der Waals surface area contributed by atoms with Gasteiger partial charge in [0, 0.05) is 52.5 Å². The highest BCUT2D eigenvalue weighted by Gasteiger charge is 2.51. The fourth-order valence-electron chi connectivity index (χ4n) is 3.66. The van der Waals surface area contributed by atoms with Crippen LogP contribution in [0.25, 0.3) is 0 Å². The highest BCUT2D eigenvalue weighted by molar-refractivity contribution is 5.87. The summed E-state index contributed by atoms with van der Waals surface area (Å²) >= 11 is 0. The van der Waals surface area contributed by atoms with Crippen LogP contribution in [-0.2, 0) is 11.3 Å². The average molecular weight is 300 g/mol. The van der Waals surface area contributed by atoms with Gasteiger partial charge in [0.25, 0.3) is 0 Å². The minimum atomic E-state index is -0.379. The van der Waals surface area contributed by atoms with E-state index >= 15 is 0 Å². The van der Waals surface area contributed by atoms with Crippen LogP contribution in [0.4, 0.5) is 0 Å². The lowest BCUT2D eigenvalue weighted by Gasteiger charge is -2.46. The maximum Gasteiger partial charge on any atom is 0.244 e. The first-order valence-corrected chi connectivity index (χ1v) is 7.89. The number of likely N-dealkylation sites (tertiary alicyclic amines) is 1. The summed E-state index contributed by atoms with van der Waals surface area (Å²) < 4.78 is 0. The molecule has 2 fully saturated rings. The molecule has 0 N–H and O–H groups in total. The van der Waals surface area contributed by atoms with Gasteiger partial charge in [0.1, 0.15) is 5.54 Å². The molecule has 1 amide bonds. The third-order valence-electron chi connectivity index (χ3n) is 4.84. The number of aromatic nitrogens is 1. The van der Waals surface area contributed by atoms with E-state index in [1.54, 1.807) is 0 Å². The first-order chi connectivity index (χ1) is 10.7. The zero-order valence-corrected chi connectivity index (χ0v) is 13.2. The van der Waals surface area contributed by atoms with E-state index in [1.807, 2.05) is 42.4 Å². The van der Waals surface area contributed by atoms with Crippen LogP contribution in [0.3, 0.4) is 0 Å². The lowest BCUT2D eigenvalue weighted by atomic mass is 9.91. The molecular weight excluding hydrogens is 276 g/mol. The van der Waals surface area contributed by atoms with E-state index in [-0.39, 0.29) is 11.4 Å². The van der Waals surface area contributed by atoms with E-state index in [0.29, 0.717) is 0 Å². The molecule has 1 aromatic heterocycles. The van der Waals surface area contributed by atoms with Gasteiger partial charge in [0.05, 0.1) is 5.69 Å². The number of nitrogens with zero attached hydrogens (tertiary/aromatic N) is 4. The van der Waals surface area contributed by atoms with Gasteiger partial charge in [-0.1, -0.05) is 12.1 Å². The number of hydrogen-bond donors (Lipinski definition) is 0. The lowest BCUT2D eigenvalue weighted by Crippen LogP contribution is -2.66. The van der Waals surface area contributed by atoms with Gasteiger partial charge in [-0.3, -0.25) is 19.6 Å². The summed E-state index contributed by atoms with van der Waals surface area (Å²) in [5.74, 6) is 0.254. The van der Waals surface area contributed by atoms with E-state index in [2.05, 4.69) is 21.4 Å². The fraction of sp³-hybridized carbons (Fsp3) is 0.529. The molecule has 1 atom stereocenters. The number of piperazine rings is 1. The first-order valence-electron chi connectivity index (χ1n) is 7.89. The zero-order chi connectivity index (χ0) is 15.6. The molecule has 0 radical (unpaired) electrons. The Labute approximate surface area is 132 Å². The molecule has 3 rings (SSSR count). The molecule has 2 aliphatic heterocycles. The molecule has 118 valence electrons. The van der Waals surface area contributed by atoms with Gasteiger partial charge in [-0.05, 0) is 18.6 Å². The third kappa shape index (κ3) is 2.66. The fourth-order valence-corrected chi connectivity index (χ4v) is 3.66. The van der Waals surface area contributed by atoms with Gasteiger partial charge < -0.3 is 4.90 Å². The van der Waals surface area contributed by atoms with Gasteiger partial charge in [-0.15, -0.1) is 6.58 Å². The smallest absolute Gasteiger partial charge is 0.244 e. The summed E-state index contributed by atoms with van der Waals surface area (Å²) in [5, 5.41) is 0. The second-order valence-electron chi connectivity index (χ2n) is 6.27. The number of amides is 1. The lowest BCUT2D eigenvalue weighted by molar-refractivity contribution is -0.148. The second kappa shape index (κ2) is 6.18. The molecular formula is C17H24N4O. The van der Waals surface area contributed by atoms with Crippen LogP contribution in [0, 0.1) is 0 Å². The Morgan fingerprint density at radius 3 is 2.95 bits per heavy atom. The summed E-state index contributed by atoms with van der Waals surface area (Å²) in [7, 11) is 1.91. The van der Waals surface area contributed by atoms with Crippen LogP contribution >= 0.6 is 0 Å². The van der Waals surface area contributed by atoms with Crippen molar-refractivity contribution >= 4 is 5.91 Å². The van der Waals surface area contributed by atoms with Crippen LogP contribution in [0.15, 0.2) is 37.1 Å². The maximum absolute atomic E-state index is 12.8. The molecule has 0 unspecified atom stereocenters. The standard InChI is InChI=1S/C17H24N4O/c1-3-9-21-12-11-19(2)16(22)17(21)7-10-20(14-17)13-15-6-4-5-8-18-15/h3-6,8H,1,7,9-14H2,2H3/t17-/m1/s1. The van der Waals surface area contributed by atoms with Crippen LogP contribution < -0.4 is 0 Å². The van der Waals surface area contributed by atoms with Gasteiger partial charge in [0.2, 0.25) is 5.91 Å². The summed E-state index contributed by atoms with van der Waals surface area (Å²) in [4.78, 5) is 23.8. The molecule has 0 aromatic carbocycles. The van der Waals surface area contributed by atoms with Crippen molar-refractivity contribution in [3.63, 3.8) is 0 Å². The average Bonchev–Trinajstić information content (AvgIpc) is 2.94. The zero-order valence-electron chi connectivity index (χ0n) is 13.2. The predicted octanol–water partition coefficient (Wildman–Crippen LogP) is 0.986. The van der Waals surface area contributed by atoms with Gasteiger partial charge in [-0.25, -0.2) is 0 Å². The summed E-state index contributed by atoms with van der Waals surface area (Å²) in [6, 6.07) is 5.99. The molecule has 0 saturated carbocycles. The Morgan fingerprint density at radius 1 is 1.36 bits per heavy atom. The number of hydrogen-bond acceptors (Lipinski definition) is 4. The monoisotopic (exact) mass is 300 g/mol. The van der Waals surface area contributed by atoms with E-state index in [4.69, 9.17) is 0 Å². The van der Waals surface area contributed by atoms with Crippen molar-refractivity contribution in [1.82, 2.24) is 19.7 Å². The van der Waals surface area contributed by atoms with Gasteiger partial charge >= 0.3 is 0 Å². The minimum Gasteiger partial charge on any atom is -0.343 e. The normalized spacial score (nSPS) is 26.8. The van der Waals surface area contributed by atoms with Crippen molar-refractivity contribution in [2.75, 3.05) is 39.8 Å². The molecule has 0 bridgehead atoms. The number of carbonyl (C=O) groups is 1. The van der Waals surface area contributed by atoms with Crippen molar-refractivity contribution in [2.24, 2.45) is 0 Å². The van der Waals surface area contributed by atoms with Crippen molar-refractivity contribution in [1.29, 1.82) is 0 Å². The Morgan fingerprint density at radius 2 is 2.23 bits per heavy atom. The Balaban J connectivity index is 1.76. The number of carbonyl (C=O) groups excluding carboxylic acids is 1.